The fourth-order valence-electron chi connectivity index (χ4n) is 2.56. The number of nitrogens with zero attached hydrogens (tertiary/aromatic N) is 3. The molecule has 2 rings (SSSR count). The van der Waals surface area contributed by atoms with Crippen LogP contribution in [0.5, 0.6) is 0 Å². The molecule has 1 amide bonds. The molecule has 1 aromatic heterocycles. The molecule has 1 aromatic rings. The number of Topliss-reactive ketones (excluding diaryl/α,β-unsaturated/α-hetero) is 1. The molecular weight excluding hydrogens is 266 g/mol. The minimum absolute atomic E-state index is 0.00372. The van der Waals surface area contributed by atoms with Crippen LogP contribution < -0.4 is 4.90 Å². The van der Waals surface area contributed by atoms with Gasteiger partial charge in [0.25, 0.3) is 0 Å². The summed E-state index contributed by atoms with van der Waals surface area (Å²) in [4.78, 5) is 31.6. The van der Waals surface area contributed by atoms with Crippen LogP contribution in [-0.2, 0) is 4.79 Å². The summed E-state index contributed by atoms with van der Waals surface area (Å²) >= 11 is 0. The van der Waals surface area contributed by atoms with Gasteiger partial charge in [-0.15, -0.1) is 0 Å². The van der Waals surface area contributed by atoms with Gasteiger partial charge in [-0.25, -0.2) is 4.98 Å². The largest absolute Gasteiger partial charge is 0.348 e. The summed E-state index contributed by atoms with van der Waals surface area (Å²) in [5.74, 6) is 0.861. The van der Waals surface area contributed by atoms with E-state index in [4.69, 9.17) is 0 Å². The number of hydrogen-bond acceptors (Lipinski definition) is 4. The van der Waals surface area contributed by atoms with Gasteiger partial charge in [-0.1, -0.05) is 13.8 Å². The first-order chi connectivity index (χ1) is 9.82. The lowest BCUT2D eigenvalue weighted by Gasteiger charge is -2.46. The van der Waals surface area contributed by atoms with Crippen molar-refractivity contribution in [3.8, 4) is 0 Å². The zero-order chi connectivity index (χ0) is 15.6. The summed E-state index contributed by atoms with van der Waals surface area (Å²) in [5.41, 5.74) is 0.833. The van der Waals surface area contributed by atoms with E-state index in [1.54, 1.807) is 18.3 Å². The predicted octanol–water partition coefficient (Wildman–Crippen LogP) is 1.98. The molecule has 5 heteroatoms. The Labute approximate surface area is 126 Å². The molecule has 0 N–H and O–H groups in total. The molecule has 1 fully saturated rings. The Hall–Kier alpha value is -1.91. The van der Waals surface area contributed by atoms with E-state index in [0.717, 1.165) is 18.9 Å². The number of ketones is 1. The Morgan fingerprint density at radius 3 is 2.43 bits per heavy atom. The van der Waals surface area contributed by atoms with Crippen molar-refractivity contribution < 1.29 is 9.59 Å². The van der Waals surface area contributed by atoms with Crippen LogP contribution >= 0.6 is 0 Å². The Balaban J connectivity index is 1.99. The molecule has 0 aromatic carbocycles. The number of anilines is 1. The highest BCUT2D eigenvalue weighted by Crippen LogP contribution is 2.28. The van der Waals surface area contributed by atoms with Crippen molar-refractivity contribution in [1.82, 2.24) is 9.88 Å². The average molecular weight is 289 g/mol. The van der Waals surface area contributed by atoms with Gasteiger partial charge in [-0.05, 0) is 31.4 Å². The van der Waals surface area contributed by atoms with Crippen LogP contribution in [0.25, 0.3) is 0 Å². The van der Waals surface area contributed by atoms with E-state index in [-0.39, 0.29) is 17.1 Å². The van der Waals surface area contributed by atoms with Crippen molar-refractivity contribution in [3.63, 3.8) is 0 Å². The van der Waals surface area contributed by atoms with Crippen LogP contribution in [0.15, 0.2) is 18.3 Å². The highest BCUT2D eigenvalue weighted by molar-refractivity contribution is 5.93. The first-order valence-electron chi connectivity index (χ1n) is 7.32. The Kier molecular flexibility index (Phi) is 4.30. The van der Waals surface area contributed by atoms with E-state index >= 15 is 0 Å². The van der Waals surface area contributed by atoms with Crippen molar-refractivity contribution in [2.45, 2.75) is 27.7 Å². The smallest absolute Gasteiger partial charge is 0.242 e. The third kappa shape index (κ3) is 3.60. The fraction of sp³-hybridized carbons (Fsp3) is 0.562. The van der Waals surface area contributed by atoms with Crippen molar-refractivity contribution in [1.29, 1.82) is 0 Å². The standard InChI is InChI=1S/C16H23N3O2/c1-5-18(9-15(21)19-10-16(3,4)11-19)14-7-6-13(8-17-14)12(2)20/h6-8H,5,9-11H2,1-4H3. The summed E-state index contributed by atoms with van der Waals surface area (Å²) in [6, 6.07) is 3.55. The zero-order valence-corrected chi connectivity index (χ0v) is 13.2. The fourth-order valence-corrected chi connectivity index (χ4v) is 2.56. The number of carbonyl (C=O) groups is 2. The van der Waals surface area contributed by atoms with Gasteiger partial charge in [-0.2, -0.15) is 0 Å². The van der Waals surface area contributed by atoms with Gasteiger partial charge in [0.2, 0.25) is 5.91 Å². The Bertz CT molecular complexity index is 529. The monoisotopic (exact) mass is 289 g/mol. The maximum Gasteiger partial charge on any atom is 0.242 e. The predicted molar refractivity (Wildman–Crippen MR) is 82.5 cm³/mol. The molecule has 0 aliphatic carbocycles. The summed E-state index contributed by atoms with van der Waals surface area (Å²) in [7, 11) is 0. The van der Waals surface area contributed by atoms with E-state index in [2.05, 4.69) is 18.8 Å². The van der Waals surface area contributed by atoms with E-state index in [0.29, 0.717) is 18.7 Å². The molecule has 114 valence electrons. The van der Waals surface area contributed by atoms with Gasteiger partial charge in [0.1, 0.15) is 5.82 Å². The topological polar surface area (TPSA) is 53.5 Å². The second kappa shape index (κ2) is 5.84. The summed E-state index contributed by atoms with van der Waals surface area (Å²) in [6.07, 6.45) is 1.57. The number of pyridine rings is 1. The molecule has 0 spiro atoms. The second-order valence-electron chi connectivity index (χ2n) is 6.39. The molecule has 5 nitrogen and oxygen atoms in total. The van der Waals surface area contributed by atoms with Gasteiger partial charge in [0, 0.05) is 31.4 Å². The van der Waals surface area contributed by atoms with Crippen LogP contribution in [0.3, 0.4) is 0 Å². The lowest BCUT2D eigenvalue weighted by atomic mass is 9.84. The SMILES string of the molecule is CCN(CC(=O)N1CC(C)(C)C1)c1ccc(C(C)=O)cn1. The van der Waals surface area contributed by atoms with Crippen LogP contribution in [-0.4, -0.2) is 47.8 Å². The van der Waals surface area contributed by atoms with Crippen molar-refractivity contribution in [2.24, 2.45) is 5.41 Å². The Morgan fingerprint density at radius 1 is 1.33 bits per heavy atom. The minimum Gasteiger partial charge on any atom is -0.348 e. The van der Waals surface area contributed by atoms with Crippen LogP contribution in [0.1, 0.15) is 38.1 Å². The average Bonchev–Trinajstić information content (AvgIpc) is 2.42. The molecule has 0 unspecified atom stereocenters. The first kappa shape index (κ1) is 15.5. The highest BCUT2D eigenvalue weighted by Gasteiger charge is 2.37. The number of carbonyl (C=O) groups excluding carboxylic acids is 2. The summed E-state index contributed by atoms with van der Waals surface area (Å²) in [6.45, 7) is 10.5. The van der Waals surface area contributed by atoms with Crippen LogP contribution in [0.4, 0.5) is 5.82 Å². The molecule has 0 radical (unpaired) electrons. The molecule has 21 heavy (non-hydrogen) atoms. The second-order valence-corrected chi connectivity index (χ2v) is 6.39. The van der Waals surface area contributed by atoms with Crippen molar-refractivity contribution in [2.75, 3.05) is 31.1 Å². The molecule has 0 saturated carbocycles. The van der Waals surface area contributed by atoms with Crippen molar-refractivity contribution >= 4 is 17.5 Å². The Morgan fingerprint density at radius 2 is 2.00 bits per heavy atom. The van der Waals surface area contributed by atoms with Gasteiger partial charge < -0.3 is 9.80 Å². The molecule has 1 aliphatic rings. The molecule has 0 atom stereocenters. The van der Waals surface area contributed by atoms with E-state index in [1.165, 1.54) is 6.92 Å². The zero-order valence-electron chi connectivity index (χ0n) is 13.2. The van der Waals surface area contributed by atoms with Crippen LogP contribution in [0.2, 0.25) is 0 Å². The number of rotatable bonds is 5. The third-order valence-corrected chi connectivity index (χ3v) is 3.78. The first-order valence-corrected chi connectivity index (χ1v) is 7.32. The van der Waals surface area contributed by atoms with E-state index in [1.807, 2.05) is 16.7 Å². The van der Waals surface area contributed by atoms with Crippen molar-refractivity contribution in [3.05, 3.63) is 23.9 Å². The molecule has 1 aliphatic heterocycles. The number of amides is 1. The maximum atomic E-state index is 12.2. The molecule has 2 heterocycles. The summed E-state index contributed by atoms with van der Waals surface area (Å²) in [5, 5.41) is 0. The number of likely N-dealkylation sites (tertiary alicyclic amines) is 1. The van der Waals surface area contributed by atoms with Gasteiger partial charge in [0.05, 0.1) is 6.54 Å². The quantitative estimate of drug-likeness (QED) is 0.778. The number of likely N-dealkylation sites (N-methyl/N-ethyl adjacent to an activating group) is 1. The van der Waals surface area contributed by atoms with Crippen LogP contribution in [0, 0.1) is 5.41 Å². The molecule has 1 saturated heterocycles. The normalized spacial score (nSPS) is 16.3. The van der Waals surface area contributed by atoms with Gasteiger partial charge in [0.15, 0.2) is 5.78 Å². The highest BCUT2D eigenvalue weighted by atomic mass is 16.2. The van der Waals surface area contributed by atoms with E-state index in [9.17, 15) is 9.59 Å². The third-order valence-electron chi connectivity index (χ3n) is 3.78. The van der Waals surface area contributed by atoms with E-state index < -0.39 is 0 Å². The maximum absolute atomic E-state index is 12.2. The number of hydrogen-bond donors (Lipinski definition) is 0. The molecular formula is C16H23N3O2. The lowest BCUT2D eigenvalue weighted by Crippen LogP contribution is -2.57. The lowest BCUT2D eigenvalue weighted by molar-refractivity contribution is -0.139. The summed E-state index contributed by atoms with van der Waals surface area (Å²) < 4.78 is 0. The number of aromatic nitrogens is 1. The minimum atomic E-state index is -0.00372. The van der Waals surface area contributed by atoms with Gasteiger partial charge in [-0.3, -0.25) is 9.59 Å². The van der Waals surface area contributed by atoms with Gasteiger partial charge >= 0.3 is 0 Å². The molecule has 0 bridgehead atoms.